The Labute approximate surface area is 119 Å². The van der Waals surface area contributed by atoms with Crippen LogP contribution in [0.1, 0.15) is 24.1 Å². The molecule has 0 aliphatic carbocycles. The number of methoxy groups -OCH3 is 1. The summed E-state index contributed by atoms with van der Waals surface area (Å²) < 4.78 is 5.24. The standard InChI is InChI=1S/C16H18ClNO/c1-11-7-8-15(17)16(9-11)18-12(2)13-5-4-6-14(10-13)19-3/h4-10,12,18H,1-3H3. The van der Waals surface area contributed by atoms with Gasteiger partial charge in [-0.15, -0.1) is 0 Å². The predicted octanol–water partition coefficient (Wildman–Crippen LogP) is 4.83. The lowest BCUT2D eigenvalue weighted by atomic mass is 10.1. The van der Waals surface area contributed by atoms with Crippen molar-refractivity contribution < 1.29 is 4.74 Å². The Hall–Kier alpha value is -1.67. The van der Waals surface area contributed by atoms with Crippen LogP contribution in [0.5, 0.6) is 5.75 Å². The molecule has 100 valence electrons. The molecule has 0 bridgehead atoms. The van der Waals surface area contributed by atoms with E-state index in [9.17, 15) is 0 Å². The maximum absolute atomic E-state index is 6.20. The van der Waals surface area contributed by atoms with E-state index >= 15 is 0 Å². The van der Waals surface area contributed by atoms with Crippen LogP contribution in [0.15, 0.2) is 42.5 Å². The number of ether oxygens (including phenoxy) is 1. The van der Waals surface area contributed by atoms with Gasteiger partial charge < -0.3 is 10.1 Å². The first kappa shape index (κ1) is 13.8. The van der Waals surface area contributed by atoms with Gasteiger partial charge >= 0.3 is 0 Å². The average Bonchev–Trinajstić information content (AvgIpc) is 2.43. The number of hydrogen-bond donors (Lipinski definition) is 1. The largest absolute Gasteiger partial charge is 0.497 e. The van der Waals surface area contributed by atoms with Gasteiger partial charge in [0.15, 0.2) is 0 Å². The van der Waals surface area contributed by atoms with Crippen molar-refractivity contribution in [3.63, 3.8) is 0 Å². The zero-order chi connectivity index (χ0) is 13.8. The molecule has 2 rings (SSSR count). The molecule has 0 spiro atoms. The number of halogens is 1. The first-order valence-electron chi connectivity index (χ1n) is 6.27. The minimum absolute atomic E-state index is 0.161. The van der Waals surface area contributed by atoms with Crippen LogP contribution in [0, 0.1) is 6.92 Å². The Morgan fingerprint density at radius 3 is 2.68 bits per heavy atom. The lowest BCUT2D eigenvalue weighted by Gasteiger charge is -2.17. The first-order chi connectivity index (χ1) is 9.10. The highest BCUT2D eigenvalue weighted by Gasteiger charge is 2.08. The topological polar surface area (TPSA) is 21.3 Å². The number of nitrogens with one attached hydrogen (secondary N) is 1. The number of rotatable bonds is 4. The second-order valence-corrected chi connectivity index (χ2v) is 5.03. The molecule has 0 saturated carbocycles. The normalized spacial score (nSPS) is 12.0. The molecule has 2 aromatic carbocycles. The summed E-state index contributed by atoms with van der Waals surface area (Å²) in [5.41, 5.74) is 3.30. The van der Waals surface area contributed by atoms with E-state index in [1.807, 2.05) is 30.3 Å². The van der Waals surface area contributed by atoms with Gasteiger partial charge in [-0.05, 0) is 49.2 Å². The quantitative estimate of drug-likeness (QED) is 0.863. The van der Waals surface area contributed by atoms with Crippen LogP contribution < -0.4 is 10.1 Å². The van der Waals surface area contributed by atoms with Gasteiger partial charge in [0.25, 0.3) is 0 Å². The zero-order valence-corrected chi connectivity index (χ0v) is 12.2. The number of aryl methyl sites for hydroxylation is 1. The molecule has 1 unspecified atom stereocenters. The van der Waals surface area contributed by atoms with Crippen LogP contribution in [0.2, 0.25) is 5.02 Å². The van der Waals surface area contributed by atoms with Gasteiger partial charge in [0.05, 0.1) is 17.8 Å². The Bertz CT molecular complexity index is 568. The second-order valence-electron chi connectivity index (χ2n) is 4.63. The maximum atomic E-state index is 6.20. The van der Waals surface area contributed by atoms with Gasteiger partial charge in [0.2, 0.25) is 0 Å². The highest BCUT2D eigenvalue weighted by molar-refractivity contribution is 6.33. The molecule has 0 aliphatic heterocycles. The minimum atomic E-state index is 0.161. The van der Waals surface area contributed by atoms with Gasteiger partial charge in [0, 0.05) is 6.04 Å². The average molecular weight is 276 g/mol. The van der Waals surface area contributed by atoms with Crippen molar-refractivity contribution in [1.29, 1.82) is 0 Å². The van der Waals surface area contributed by atoms with Crippen LogP contribution >= 0.6 is 11.6 Å². The van der Waals surface area contributed by atoms with E-state index < -0.39 is 0 Å². The van der Waals surface area contributed by atoms with Crippen molar-refractivity contribution in [2.45, 2.75) is 19.9 Å². The zero-order valence-electron chi connectivity index (χ0n) is 11.4. The Balaban J connectivity index is 2.20. The smallest absolute Gasteiger partial charge is 0.119 e. The second kappa shape index (κ2) is 5.98. The molecule has 3 heteroatoms. The van der Waals surface area contributed by atoms with E-state index in [1.165, 1.54) is 5.56 Å². The molecule has 0 aromatic heterocycles. The van der Waals surface area contributed by atoms with Crippen LogP contribution in [0.3, 0.4) is 0 Å². The van der Waals surface area contributed by atoms with Gasteiger partial charge in [0.1, 0.15) is 5.75 Å². The van der Waals surface area contributed by atoms with Gasteiger partial charge in [-0.2, -0.15) is 0 Å². The van der Waals surface area contributed by atoms with Crippen molar-refractivity contribution in [2.24, 2.45) is 0 Å². The molecule has 1 atom stereocenters. The summed E-state index contributed by atoms with van der Waals surface area (Å²) in [4.78, 5) is 0. The van der Waals surface area contributed by atoms with Crippen molar-refractivity contribution in [3.8, 4) is 5.75 Å². The minimum Gasteiger partial charge on any atom is -0.497 e. The van der Waals surface area contributed by atoms with Gasteiger partial charge in [-0.3, -0.25) is 0 Å². The lowest BCUT2D eigenvalue weighted by molar-refractivity contribution is 0.414. The van der Waals surface area contributed by atoms with Crippen molar-refractivity contribution in [1.82, 2.24) is 0 Å². The van der Waals surface area contributed by atoms with E-state index in [0.717, 1.165) is 22.0 Å². The van der Waals surface area contributed by atoms with Crippen LogP contribution in [-0.4, -0.2) is 7.11 Å². The number of anilines is 1. The summed E-state index contributed by atoms with van der Waals surface area (Å²) in [5, 5.41) is 4.17. The summed E-state index contributed by atoms with van der Waals surface area (Å²) in [6.07, 6.45) is 0. The summed E-state index contributed by atoms with van der Waals surface area (Å²) in [5.74, 6) is 0.862. The van der Waals surface area contributed by atoms with E-state index in [4.69, 9.17) is 16.3 Å². The molecule has 2 aromatic rings. The highest BCUT2D eigenvalue weighted by Crippen LogP contribution is 2.28. The fraction of sp³-hybridized carbons (Fsp3) is 0.250. The molecule has 0 radical (unpaired) electrons. The molecular formula is C16H18ClNO. The van der Waals surface area contributed by atoms with Crippen molar-refractivity contribution in [3.05, 3.63) is 58.6 Å². The van der Waals surface area contributed by atoms with Crippen molar-refractivity contribution in [2.75, 3.05) is 12.4 Å². The SMILES string of the molecule is COc1cccc(C(C)Nc2cc(C)ccc2Cl)c1. The molecule has 0 heterocycles. The van der Waals surface area contributed by atoms with E-state index in [0.29, 0.717) is 0 Å². The molecule has 0 fully saturated rings. The molecular weight excluding hydrogens is 258 g/mol. The van der Waals surface area contributed by atoms with Crippen LogP contribution in [-0.2, 0) is 0 Å². The molecule has 0 amide bonds. The van der Waals surface area contributed by atoms with Crippen LogP contribution in [0.4, 0.5) is 5.69 Å². The lowest BCUT2D eigenvalue weighted by Crippen LogP contribution is -2.07. The third-order valence-corrected chi connectivity index (χ3v) is 3.42. The number of hydrogen-bond acceptors (Lipinski definition) is 2. The highest BCUT2D eigenvalue weighted by atomic mass is 35.5. The van der Waals surface area contributed by atoms with Crippen LogP contribution in [0.25, 0.3) is 0 Å². The monoisotopic (exact) mass is 275 g/mol. The van der Waals surface area contributed by atoms with Gasteiger partial charge in [-0.1, -0.05) is 29.8 Å². The summed E-state index contributed by atoms with van der Waals surface area (Å²) in [6.45, 7) is 4.16. The Morgan fingerprint density at radius 2 is 1.95 bits per heavy atom. The Kier molecular flexibility index (Phi) is 4.33. The van der Waals surface area contributed by atoms with E-state index in [2.05, 4.69) is 31.3 Å². The van der Waals surface area contributed by atoms with E-state index in [1.54, 1.807) is 7.11 Å². The Morgan fingerprint density at radius 1 is 1.16 bits per heavy atom. The molecule has 0 aliphatic rings. The predicted molar refractivity (Wildman–Crippen MR) is 81.2 cm³/mol. The van der Waals surface area contributed by atoms with E-state index in [-0.39, 0.29) is 6.04 Å². The van der Waals surface area contributed by atoms with Crippen molar-refractivity contribution >= 4 is 17.3 Å². The molecule has 2 nitrogen and oxygen atoms in total. The fourth-order valence-electron chi connectivity index (χ4n) is 1.98. The van der Waals surface area contributed by atoms with Gasteiger partial charge in [-0.25, -0.2) is 0 Å². The first-order valence-corrected chi connectivity index (χ1v) is 6.64. The summed E-state index contributed by atoms with van der Waals surface area (Å²) in [6, 6.07) is 14.2. The third kappa shape index (κ3) is 3.42. The molecule has 19 heavy (non-hydrogen) atoms. The maximum Gasteiger partial charge on any atom is 0.119 e. The number of benzene rings is 2. The molecule has 1 N–H and O–H groups in total. The summed E-state index contributed by atoms with van der Waals surface area (Å²) in [7, 11) is 1.68. The third-order valence-electron chi connectivity index (χ3n) is 3.09. The molecule has 0 saturated heterocycles. The fourth-order valence-corrected chi connectivity index (χ4v) is 2.15. The summed E-state index contributed by atoms with van der Waals surface area (Å²) >= 11 is 6.20.